The Hall–Kier alpha value is -4.39. The lowest BCUT2D eigenvalue weighted by atomic mass is 10.1. The summed E-state index contributed by atoms with van der Waals surface area (Å²) in [6.07, 6.45) is 1.60. The zero-order chi connectivity index (χ0) is 24.1. The fraction of sp³-hybridized carbons (Fsp3) is 0.148. The first-order valence-electron chi connectivity index (χ1n) is 10.7. The predicted octanol–water partition coefficient (Wildman–Crippen LogP) is 4.97. The zero-order valence-corrected chi connectivity index (χ0v) is 19.0. The summed E-state index contributed by atoms with van der Waals surface area (Å²) in [6.45, 7) is 4.17. The molecule has 0 amide bonds. The number of nitrogens with zero attached hydrogens (tertiary/aromatic N) is 1. The number of cyclic esters (lactones) is 1. The van der Waals surface area contributed by atoms with Gasteiger partial charge in [0, 0.05) is 5.56 Å². The molecule has 0 atom stereocenters. The van der Waals surface area contributed by atoms with Gasteiger partial charge in [-0.15, -0.1) is 0 Å². The molecule has 0 radical (unpaired) electrons. The minimum Gasteiger partial charge on any atom is -0.497 e. The van der Waals surface area contributed by atoms with Crippen LogP contribution in [-0.4, -0.2) is 31.6 Å². The lowest BCUT2D eigenvalue weighted by molar-refractivity contribution is -0.129. The minimum absolute atomic E-state index is 0.168. The average molecular weight is 457 g/mol. The summed E-state index contributed by atoms with van der Waals surface area (Å²) < 4.78 is 21.6. The summed E-state index contributed by atoms with van der Waals surface area (Å²) in [5.74, 6) is 0.467. The number of hydrogen-bond donors (Lipinski definition) is 0. The Labute approximate surface area is 197 Å². The Morgan fingerprint density at radius 1 is 1.00 bits per heavy atom. The van der Waals surface area contributed by atoms with E-state index in [1.54, 1.807) is 55.7 Å². The van der Waals surface area contributed by atoms with Crippen molar-refractivity contribution in [3.05, 3.63) is 94.7 Å². The monoisotopic (exact) mass is 457 g/mol. The van der Waals surface area contributed by atoms with E-state index in [0.717, 1.165) is 11.1 Å². The molecule has 1 aliphatic rings. The van der Waals surface area contributed by atoms with Crippen LogP contribution in [0.3, 0.4) is 0 Å². The van der Waals surface area contributed by atoms with E-state index in [1.165, 1.54) is 0 Å². The zero-order valence-electron chi connectivity index (χ0n) is 19.0. The van der Waals surface area contributed by atoms with E-state index in [4.69, 9.17) is 18.9 Å². The lowest BCUT2D eigenvalue weighted by Crippen LogP contribution is -2.09. The molecule has 7 heteroatoms. The van der Waals surface area contributed by atoms with Crippen LogP contribution in [0.15, 0.2) is 77.4 Å². The van der Waals surface area contributed by atoms with Crippen LogP contribution in [-0.2, 0) is 9.53 Å². The van der Waals surface area contributed by atoms with Gasteiger partial charge in [-0.05, 0) is 74.0 Å². The number of carbonyl (C=O) groups is 2. The summed E-state index contributed by atoms with van der Waals surface area (Å²) in [7, 11) is 1.55. The normalized spacial score (nSPS) is 13.9. The van der Waals surface area contributed by atoms with Crippen LogP contribution < -0.4 is 14.2 Å². The maximum absolute atomic E-state index is 12.6. The summed E-state index contributed by atoms with van der Waals surface area (Å²) in [5, 5.41) is 0. The van der Waals surface area contributed by atoms with Crippen molar-refractivity contribution in [2.45, 2.75) is 13.8 Å². The summed E-state index contributed by atoms with van der Waals surface area (Å²) in [4.78, 5) is 29.2. The average Bonchev–Trinajstić information content (AvgIpc) is 3.21. The van der Waals surface area contributed by atoms with Gasteiger partial charge in [-0.25, -0.2) is 14.6 Å². The SMILES string of the molecule is CCOc1cc(/C=C2/N=C(c3ccc(C)cc3)OC2=O)ccc1OC(=O)c1ccc(OC)cc1. The molecule has 0 N–H and O–H groups in total. The number of carbonyl (C=O) groups excluding carboxylic acids is 2. The Balaban J connectivity index is 1.57. The van der Waals surface area contributed by atoms with E-state index in [1.807, 2.05) is 38.1 Å². The van der Waals surface area contributed by atoms with Gasteiger partial charge in [0.15, 0.2) is 17.2 Å². The van der Waals surface area contributed by atoms with E-state index in [0.29, 0.717) is 29.2 Å². The number of methoxy groups -OCH3 is 1. The largest absolute Gasteiger partial charge is 0.497 e. The molecular weight excluding hydrogens is 434 g/mol. The molecule has 3 aromatic rings. The van der Waals surface area contributed by atoms with Gasteiger partial charge in [0.1, 0.15) is 5.75 Å². The molecule has 0 saturated carbocycles. The first-order valence-corrected chi connectivity index (χ1v) is 10.7. The van der Waals surface area contributed by atoms with Crippen molar-refractivity contribution in [2.75, 3.05) is 13.7 Å². The highest BCUT2D eigenvalue weighted by Gasteiger charge is 2.24. The van der Waals surface area contributed by atoms with E-state index in [9.17, 15) is 9.59 Å². The van der Waals surface area contributed by atoms with Crippen molar-refractivity contribution in [3.63, 3.8) is 0 Å². The number of aryl methyl sites for hydroxylation is 1. The number of esters is 2. The number of rotatable bonds is 7. The third-order valence-electron chi connectivity index (χ3n) is 5.02. The van der Waals surface area contributed by atoms with Crippen molar-refractivity contribution >= 4 is 23.9 Å². The molecule has 0 aromatic heterocycles. The fourth-order valence-corrected chi connectivity index (χ4v) is 3.24. The van der Waals surface area contributed by atoms with Gasteiger partial charge >= 0.3 is 11.9 Å². The van der Waals surface area contributed by atoms with Gasteiger partial charge in [-0.2, -0.15) is 0 Å². The van der Waals surface area contributed by atoms with Gasteiger partial charge < -0.3 is 18.9 Å². The van der Waals surface area contributed by atoms with Crippen LogP contribution in [0.25, 0.3) is 6.08 Å². The highest BCUT2D eigenvalue weighted by atomic mass is 16.6. The number of ether oxygens (including phenoxy) is 4. The van der Waals surface area contributed by atoms with Crippen LogP contribution in [0, 0.1) is 6.92 Å². The topological polar surface area (TPSA) is 83.4 Å². The molecule has 0 spiro atoms. The molecule has 34 heavy (non-hydrogen) atoms. The van der Waals surface area contributed by atoms with Crippen LogP contribution in [0.1, 0.15) is 34.0 Å². The maximum atomic E-state index is 12.6. The van der Waals surface area contributed by atoms with E-state index < -0.39 is 11.9 Å². The smallest absolute Gasteiger partial charge is 0.363 e. The summed E-state index contributed by atoms with van der Waals surface area (Å²) in [6, 6.07) is 19.2. The van der Waals surface area contributed by atoms with Crippen molar-refractivity contribution in [2.24, 2.45) is 4.99 Å². The second-order valence-electron chi connectivity index (χ2n) is 7.46. The van der Waals surface area contributed by atoms with Crippen molar-refractivity contribution in [1.82, 2.24) is 0 Å². The number of benzene rings is 3. The Bertz CT molecular complexity index is 1270. The van der Waals surface area contributed by atoms with E-state index in [-0.39, 0.29) is 17.3 Å². The number of aliphatic imine (C=N–C) groups is 1. The maximum Gasteiger partial charge on any atom is 0.363 e. The van der Waals surface area contributed by atoms with Gasteiger partial charge in [-0.3, -0.25) is 0 Å². The molecular formula is C27H23NO6. The predicted molar refractivity (Wildman–Crippen MR) is 127 cm³/mol. The molecule has 3 aromatic carbocycles. The summed E-state index contributed by atoms with van der Waals surface area (Å²) >= 11 is 0. The van der Waals surface area contributed by atoms with Gasteiger partial charge in [0.25, 0.3) is 0 Å². The molecule has 1 aliphatic heterocycles. The van der Waals surface area contributed by atoms with Crippen molar-refractivity contribution in [1.29, 1.82) is 0 Å². The molecule has 0 bridgehead atoms. The molecule has 7 nitrogen and oxygen atoms in total. The second-order valence-corrected chi connectivity index (χ2v) is 7.46. The van der Waals surface area contributed by atoms with E-state index >= 15 is 0 Å². The second kappa shape index (κ2) is 10.0. The van der Waals surface area contributed by atoms with Gasteiger partial charge in [0.2, 0.25) is 5.90 Å². The molecule has 0 aliphatic carbocycles. The Morgan fingerprint density at radius 3 is 2.41 bits per heavy atom. The first-order chi connectivity index (χ1) is 16.5. The minimum atomic E-state index is -0.538. The van der Waals surface area contributed by atoms with Crippen LogP contribution in [0.5, 0.6) is 17.2 Å². The molecule has 0 saturated heterocycles. The molecule has 0 unspecified atom stereocenters. The highest BCUT2D eigenvalue weighted by Crippen LogP contribution is 2.31. The first kappa shape index (κ1) is 22.8. The quantitative estimate of drug-likeness (QED) is 0.283. The molecule has 1 heterocycles. The number of hydrogen-bond acceptors (Lipinski definition) is 7. The van der Waals surface area contributed by atoms with Crippen LogP contribution in [0.2, 0.25) is 0 Å². The molecule has 0 fully saturated rings. The summed E-state index contributed by atoms with van der Waals surface area (Å²) in [5.41, 5.74) is 3.01. The lowest BCUT2D eigenvalue weighted by Gasteiger charge is -2.11. The molecule has 172 valence electrons. The molecule has 4 rings (SSSR count). The van der Waals surface area contributed by atoms with Crippen LogP contribution in [0.4, 0.5) is 0 Å². The van der Waals surface area contributed by atoms with Crippen molar-refractivity contribution in [3.8, 4) is 17.2 Å². The van der Waals surface area contributed by atoms with Crippen LogP contribution >= 0.6 is 0 Å². The third kappa shape index (κ3) is 5.15. The fourth-order valence-electron chi connectivity index (χ4n) is 3.24. The Kier molecular flexibility index (Phi) is 6.73. The standard InChI is InChI=1S/C27H23NO6/c1-4-32-24-16-18(7-14-23(24)33-26(29)20-10-12-21(31-3)13-11-20)15-22-27(30)34-25(28-22)19-8-5-17(2)6-9-19/h5-16H,4H2,1-3H3/b22-15+. The van der Waals surface area contributed by atoms with Gasteiger partial charge in [-0.1, -0.05) is 23.8 Å². The van der Waals surface area contributed by atoms with E-state index in [2.05, 4.69) is 4.99 Å². The Morgan fingerprint density at radius 2 is 1.74 bits per heavy atom. The highest BCUT2D eigenvalue weighted by molar-refractivity contribution is 6.12. The van der Waals surface area contributed by atoms with Crippen molar-refractivity contribution < 1.29 is 28.5 Å². The third-order valence-corrected chi connectivity index (χ3v) is 5.02. The van der Waals surface area contributed by atoms with Gasteiger partial charge in [0.05, 0.1) is 19.3 Å².